The van der Waals surface area contributed by atoms with Crippen molar-refractivity contribution in [2.24, 2.45) is 0 Å². The number of nitrogens with zero attached hydrogens (tertiary/aromatic N) is 3. The first kappa shape index (κ1) is 14.8. The molecule has 24 heavy (non-hydrogen) atoms. The van der Waals surface area contributed by atoms with Crippen LogP contribution < -0.4 is 5.32 Å². The maximum absolute atomic E-state index is 12.2. The van der Waals surface area contributed by atoms with Gasteiger partial charge in [0.1, 0.15) is 5.82 Å². The molecule has 1 aliphatic rings. The number of H-pyrrole nitrogens is 1. The molecule has 0 aliphatic heterocycles. The fourth-order valence-electron chi connectivity index (χ4n) is 3.30. The Bertz CT molecular complexity index is 852. The highest BCUT2D eigenvalue weighted by atomic mass is 16.1. The number of carbonyl (C=O) groups excluding carboxylic acids is 1. The number of hydrogen-bond acceptors (Lipinski definition) is 4. The van der Waals surface area contributed by atoms with Crippen LogP contribution in [0, 0.1) is 0 Å². The Hall–Kier alpha value is -2.76. The lowest BCUT2D eigenvalue weighted by Crippen LogP contribution is -2.12. The molecule has 2 N–H and O–H groups in total. The second kappa shape index (κ2) is 6.39. The van der Waals surface area contributed by atoms with E-state index in [4.69, 9.17) is 4.98 Å². The highest BCUT2D eigenvalue weighted by Gasteiger charge is 2.19. The van der Waals surface area contributed by atoms with E-state index in [9.17, 15) is 4.79 Å². The first-order valence-corrected chi connectivity index (χ1v) is 8.37. The number of aromatic amines is 1. The Kier molecular flexibility index (Phi) is 3.94. The van der Waals surface area contributed by atoms with Crippen LogP contribution >= 0.6 is 0 Å². The number of nitrogens with one attached hydrogen (secondary N) is 2. The van der Waals surface area contributed by atoms with Gasteiger partial charge >= 0.3 is 0 Å². The van der Waals surface area contributed by atoms with Crippen LogP contribution in [0.5, 0.6) is 0 Å². The molecule has 1 aliphatic carbocycles. The molecule has 0 atom stereocenters. The van der Waals surface area contributed by atoms with Crippen molar-refractivity contribution in [3.05, 3.63) is 48.0 Å². The summed E-state index contributed by atoms with van der Waals surface area (Å²) in [5, 5.41) is 10.3. The molecule has 0 unspecified atom stereocenters. The number of anilines is 1. The minimum absolute atomic E-state index is 0.198. The first-order valence-electron chi connectivity index (χ1n) is 8.37. The fourth-order valence-corrected chi connectivity index (χ4v) is 3.30. The summed E-state index contributed by atoms with van der Waals surface area (Å²) in [7, 11) is 0. The molecule has 2 aromatic heterocycles. The minimum atomic E-state index is -0.198. The smallest absolute Gasteiger partial charge is 0.257 e. The van der Waals surface area contributed by atoms with Gasteiger partial charge in [-0.15, -0.1) is 0 Å². The number of fused-ring (bicyclic) bond motifs is 1. The maximum atomic E-state index is 12.2. The first-order chi connectivity index (χ1) is 11.8. The van der Waals surface area contributed by atoms with Gasteiger partial charge in [-0.1, -0.05) is 19.3 Å². The van der Waals surface area contributed by atoms with E-state index in [-0.39, 0.29) is 5.91 Å². The Labute approximate surface area is 139 Å². The third-order valence-electron chi connectivity index (χ3n) is 4.60. The number of carbonyl (C=O) groups is 1. The zero-order valence-electron chi connectivity index (χ0n) is 13.3. The minimum Gasteiger partial charge on any atom is -0.342 e. The molecular formula is C18H19N5O. The zero-order chi connectivity index (χ0) is 16.4. The van der Waals surface area contributed by atoms with Crippen molar-refractivity contribution in [3.8, 4) is 0 Å². The maximum Gasteiger partial charge on any atom is 0.257 e. The van der Waals surface area contributed by atoms with Gasteiger partial charge in [0.2, 0.25) is 0 Å². The van der Waals surface area contributed by atoms with E-state index in [0.29, 0.717) is 11.5 Å². The van der Waals surface area contributed by atoms with Crippen molar-refractivity contribution in [2.45, 2.75) is 38.0 Å². The highest BCUT2D eigenvalue weighted by molar-refractivity contribution is 6.04. The van der Waals surface area contributed by atoms with Crippen molar-refractivity contribution in [1.29, 1.82) is 0 Å². The zero-order valence-corrected chi connectivity index (χ0v) is 13.3. The summed E-state index contributed by atoms with van der Waals surface area (Å²) in [5.74, 6) is 1.41. The summed E-state index contributed by atoms with van der Waals surface area (Å²) in [5.41, 5.74) is 3.13. The lowest BCUT2D eigenvalue weighted by molar-refractivity contribution is 0.102. The second-order valence-corrected chi connectivity index (χ2v) is 6.27. The van der Waals surface area contributed by atoms with E-state index >= 15 is 0 Å². The molecule has 6 nitrogen and oxygen atoms in total. The van der Waals surface area contributed by atoms with E-state index < -0.39 is 0 Å². The summed E-state index contributed by atoms with van der Waals surface area (Å²) in [6.07, 6.45) is 9.26. The molecule has 1 aromatic carbocycles. The number of rotatable bonds is 3. The molecule has 1 fully saturated rings. The molecule has 1 amide bonds. The lowest BCUT2D eigenvalue weighted by atomic mass is 9.89. The Balaban J connectivity index is 1.55. The van der Waals surface area contributed by atoms with Crippen LogP contribution in [-0.2, 0) is 0 Å². The van der Waals surface area contributed by atoms with Gasteiger partial charge in [0, 0.05) is 11.6 Å². The van der Waals surface area contributed by atoms with Gasteiger partial charge in [0.05, 0.1) is 29.0 Å². The van der Waals surface area contributed by atoms with Crippen LogP contribution in [-0.4, -0.2) is 26.1 Å². The molecule has 4 rings (SSSR count). The standard InChI is InChI=1S/C18H19N5O/c24-18(13-8-9-19-20-11-13)21-14-6-7-15-16(10-14)23-17(22-15)12-4-2-1-3-5-12/h6-12H,1-5H2,(H,21,24)(H,22,23). The van der Waals surface area contributed by atoms with Crippen LogP contribution in [0.2, 0.25) is 0 Å². The largest absolute Gasteiger partial charge is 0.342 e. The van der Waals surface area contributed by atoms with Crippen LogP contribution in [0.15, 0.2) is 36.7 Å². The van der Waals surface area contributed by atoms with E-state index in [0.717, 1.165) is 22.5 Å². The molecule has 3 aromatic rings. The van der Waals surface area contributed by atoms with Crippen LogP contribution in [0.1, 0.15) is 54.2 Å². The van der Waals surface area contributed by atoms with E-state index in [1.54, 1.807) is 6.07 Å². The topological polar surface area (TPSA) is 83.6 Å². The van der Waals surface area contributed by atoms with E-state index in [2.05, 4.69) is 20.5 Å². The SMILES string of the molecule is O=C(Nc1ccc2nc(C3CCCCC3)[nH]c2c1)c1ccnnc1. The number of amides is 1. The molecule has 122 valence electrons. The number of aromatic nitrogens is 4. The quantitative estimate of drug-likeness (QED) is 0.771. The molecular weight excluding hydrogens is 302 g/mol. The average molecular weight is 321 g/mol. The summed E-state index contributed by atoms with van der Waals surface area (Å²) in [4.78, 5) is 20.4. The molecule has 0 bridgehead atoms. The van der Waals surface area contributed by atoms with Gasteiger partial charge in [-0.05, 0) is 37.1 Å². The van der Waals surface area contributed by atoms with Crippen LogP contribution in [0.4, 0.5) is 5.69 Å². The van der Waals surface area contributed by atoms with Gasteiger partial charge in [-0.25, -0.2) is 4.98 Å². The summed E-state index contributed by atoms with van der Waals surface area (Å²) in [6, 6.07) is 7.39. The molecule has 0 radical (unpaired) electrons. The van der Waals surface area contributed by atoms with Crippen molar-refractivity contribution < 1.29 is 4.79 Å². The molecule has 2 heterocycles. The molecule has 0 saturated heterocycles. The van der Waals surface area contributed by atoms with Crippen molar-refractivity contribution in [1.82, 2.24) is 20.2 Å². The van der Waals surface area contributed by atoms with Gasteiger partial charge in [0.15, 0.2) is 0 Å². The number of hydrogen-bond donors (Lipinski definition) is 2. The Morgan fingerprint density at radius 2 is 2.00 bits per heavy atom. The fraction of sp³-hybridized carbons (Fsp3) is 0.333. The van der Waals surface area contributed by atoms with E-state index in [1.807, 2.05) is 18.2 Å². The molecule has 1 saturated carbocycles. The lowest BCUT2D eigenvalue weighted by Gasteiger charge is -2.18. The van der Waals surface area contributed by atoms with Crippen LogP contribution in [0.25, 0.3) is 11.0 Å². The van der Waals surface area contributed by atoms with Gasteiger partial charge in [-0.2, -0.15) is 10.2 Å². The van der Waals surface area contributed by atoms with Crippen LogP contribution in [0.3, 0.4) is 0 Å². The number of imidazole rings is 1. The van der Waals surface area contributed by atoms with Crippen molar-refractivity contribution in [3.63, 3.8) is 0 Å². The average Bonchev–Trinajstić information content (AvgIpc) is 3.06. The highest BCUT2D eigenvalue weighted by Crippen LogP contribution is 2.32. The normalized spacial score (nSPS) is 15.5. The second-order valence-electron chi connectivity index (χ2n) is 6.27. The predicted octanol–water partition coefficient (Wildman–Crippen LogP) is 3.65. The van der Waals surface area contributed by atoms with Crippen molar-refractivity contribution >= 4 is 22.6 Å². The summed E-state index contributed by atoms with van der Waals surface area (Å²) in [6.45, 7) is 0. The molecule has 0 spiro atoms. The Morgan fingerprint density at radius 1 is 1.12 bits per heavy atom. The molecule has 6 heteroatoms. The number of benzene rings is 1. The van der Waals surface area contributed by atoms with Gasteiger partial charge in [0.25, 0.3) is 5.91 Å². The third-order valence-corrected chi connectivity index (χ3v) is 4.60. The third kappa shape index (κ3) is 2.99. The predicted molar refractivity (Wildman–Crippen MR) is 91.9 cm³/mol. The monoisotopic (exact) mass is 321 g/mol. The van der Waals surface area contributed by atoms with Crippen molar-refractivity contribution in [2.75, 3.05) is 5.32 Å². The Morgan fingerprint density at radius 3 is 2.79 bits per heavy atom. The van der Waals surface area contributed by atoms with Gasteiger partial charge < -0.3 is 10.3 Å². The van der Waals surface area contributed by atoms with E-state index in [1.165, 1.54) is 44.5 Å². The van der Waals surface area contributed by atoms with Gasteiger partial charge in [-0.3, -0.25) is 4.79 Å². The summed E-state index contributed by atoms with van der Waals surface area (Å²) >= 11 is 0. The summed E-state index contributed by atoms with van der Waals surface area (Å²) < 4.78 is 0.